The predicted octanol–water partition coefficient (Wildman–Crippen LogP) is 3.91. The van der Waals surface area contributed by atoms with Crippen molar-refractivity contribution >= 4 is 30.8 Å². The van der Waals surface area contributed by atoms with Crippen molar-refractivity contribution in [3.05, 3.63) is 47.1 Å². The number of rotatable bonds is 14. The van der Waals surface area contributed by atoms with Crippen molar-refractivity contribution in [2.45, 2.75) is 71.6 Å². The van der Waals surface area contributed by atoms with E-state index in [1.165, 1.54) is 24.7 Å². The second-order valence-corrected chi connectivity index (χ2v) is 11.4. The van der Waals surface area contributed by atoms with Crippen LogP contribution in [0, 0.1) is 0 Å². The predicted molar refractivity (Wildman–Crippen MR) is 160 cm³/mol. The van der Waals surface area contributed by atoms with Gasteiger partial charge in [0.25, 0.3) is 0 Å². The quantitative estimate of drug-likeness (QED) is 0.0751. The number of benzene rings is 1. The van der Waals surface area contributed by atoms with Crippen molar-refractivity contribution in [3.63, 3.8) is 0 Å². The Balaban J connectivity index is 0.00000529. The Morgan fingerprint density at radius 3 is 2.73 bits per heavy atom. The van der Waals surface area contributed by atoms with E-state index in [4.69, 9.17) is 29.0 Å². The van der Waals surface area contributed by atoms with Crippen LogP contribution in [-0.2, 0) is 23.4 Å². The third-order valence-corrected chi connectivity index (χ3v) is 8.13. The maximum atomic E-state index is 13.9. The number of hydrogen-bond donors (Lipinski definition) is 3. The monoisotopic (exact) mass is 635 g/mol. The maximum Gasteiger partial charge on any atom is 0.459 e. The van der Waals surface area contributed by atoms with Crippen molar-refractivity contribution < 1.29 is 37.7 Å². The highest BCUT2D eigenvalue weighted by Gasteiger charge is 2.55. The van der Waals surface area contributed by atoms with Gasteiger partial charge in [0.1, 0.15) is 23.4 Å². The lowest BCUT2D eigenvalue weighted by molar-refractivity contribution is -0.145. The summed E-state index contributed by atoms with van der Waals surface area (Å²) in [5.74, 6) is -0.415. The van der Waals surface area contributed by atoms with E-state index in [0.717, 1.165) is 0 Å². The second-order valence-electron chi connectivity index (χ2n) is 9.75. The van der Waals surface area contributed by atoms with Crippen LogP contribution >= 0.6 is 7.75 Å². The van der Waals surface area contributed by atoms with Crippen LogP contribution in [0.3, 0.4) is 0 Å². The average Bonchev–Trinajstić information content (AvgIpc) is 3.49. The zero-order valence-electron chi connectivity index (χ0n) is 24.1. The number of nitrogens with one attached hydrogen (secondary N) is 1. The zero-order chi connectivity index (χ0) is 31.2. The SMILES string of the molecule is C.CCCOC(=O)[C@H](C)NP(=O)(OC[C@H]1O[C@@H](n2cnc3c(OCC)nc(N)nc32)[C@](C)(N=[N+]=[N-])[C@@H]1O)Oc1ccccc1. The Labute approximate surface area is 254 Å². The molecule has 6 atom stereocenters. The van der Waals surface area contributed by atoms with E-state index in [1.54, 1.807) is 37.3 Å². The van der Waals surface area contributed by atoms with Crippen molar-refractivity contribution in [2.75, 3.05) is 25.6 Å². The Bertz CT molecular complexity index is 1520. The number of nitrogen functional groups attached to an aromatic ring is 1. The molecule has 0 radical (unpaired) electrons. The molecule has 1 aliphatic heterocycles. The van der Waals surface area contributed by atoms with Crippen LogP contribution in [0.4, 0.5) is 5.95 Å². The fourth-order valence-corrected chi connectivity index (χ4v) is 5.90. The zero-order valence-corrected chi connectivity index (χ0v) is 25.0. The molecule has 0 amide bonds. The minimum atomic E-state index is -4.28. The number of carbonyl (C=O) groups is 1. The number of aliphatic hydroxyl groups is 1. The lowest BCUT2D eigenvalue weighted by Crippen LogP contribution is -2.43. The van der Waals surface area contributed by atoms with Gasteiger partial charge < -0.3 is 29.6 Å². The number of carbonyl (C=O) groups excluding carboxylic acids is 1. The summed E-state index contributed by atoms with van der Waals surface area (Å²) in [5.41, 5.74) is 14.1. The van der Waals surface area contributed by atoms with Crippen molar-refractivity contribution in [1.29, 1.82) is 0 Å². The summed E-state index contributed by atoms with van der Waals surface area (Å²) < 4.78 is 43.5. The number of esters is 1. The Morgan fingerprint density at radius 1 is 1.34 bits per heavy atom. The van der Waals surface area contributed by atoms with Crippen LogP contribution in [0.1, 0.15) is 47.8 Å². The Kier molecular flexibility index (Phi) is 11.5. The standard InChI is InChI=1S/C25H34N9O8P.CH4/c1-5-12-39-22(36)15(3)31-43(37,42-16-10-8-7-9-11-16)40-13-17-19(35)25(4,32-33-27)23(41-17)34-14-28-18-20(34)29-24(26)30-21(18)38-6-2;/h7-11,14-15,17,19,23,35H,5-6,12-13H2,1-4H3,(H,31,37)(H2,26,29,30);1H4/t15-,17+,19+,23+,25+,43?;/m0./s1. The summed E-state index contributed by atoms with van der Waals surface area (Å²) in [6, 6.07) is 7.12. The number of ether oxygens (including phenoxy) is 3. The first kappa shape index (κ1) is 34.5. The third-order valence-electron chi connectivity index (χ3n) is 6.49. The van der Waals surface area contributed by atoms with Crippen LogP contribution in [0.5, 0.6) is 11.6 Å². The molecule has 3 heterocycles. The number of para-hydroxylation sites is 1. The summed E-state index contributed by atoms with van der Waals surface area (Å²) in [7, 11) is -4.28. The highest BCUT2D eigenvalue weighted by molar-refractivity contribution is 7.52. The van der Waals surface area contributed by atoms with Crippen molar-refractivity contribution in [2.24, 2.45) is 5.11 Å². The molecule has 1 fully saturated rings. The Hall–Kier alpha value is -3.98. The molecule has 1 aliphatic rings. The molecule has 0 bridgehead atoms. The summed E-state index contributed by atoms with van der Waals surface area (Å²) >= 11 is 0. The molecular formula is C26H38N9O8P. The molecule has 4 N–H and O–H groups in total. The number of aliphatic hydroxyl groups excluding tert-OH is 1. The number of fused-ring (bicyclic) bond motifs is 1. The largest absolute Gasteiger partial charge is 0.476 e. The summed E-state index contributed by atoms with van der Waals surface area (Å²) in [4.78, 5) is 27.9. The first-order valence-electron chi connectivity index (χ1n) is 13.5. The highest BCUT2D eigenvalue weighted by atomic mass is 31.2. The van der Waals surface area contributed by atoms with Crippen LogP contribution in [0.2, 0.25) is 0 Å². The molecule has 0 spiro atoms. The first-order valence-corrected chi connectivity index (χ1v) is 15.1. The summed E-state index contributed by atoms with van der Waals surface area (Å²) in [6.45, 7) is 6.51. The van der Waals surface area contributed by atoms with E-state index in [1.807, 2.05) is 6.92 Å². The minimum absolute atomic E-state index is 0. The second kappa shape index (κ2) is 14.7. The Morgan fingerprint density at radius 2 is 2.07 bits per heavy atom. The molecular weight excluding hydrogens is 597 g/mol. The van der Waals surface area contributed by atoms with Gasteiger partial charge in [0.15, 0.2) is 17.4 Å². The number of aromatic nitrogens is 4. The van der Waals surface area contributed by atoms with Crippen LogP contribution in [0.25, 0.3) is 21.6 Å². The van der Waals surface area contributed by atoms with E-state index in [2.05, 4.69) is 30.1 Å². The van der Waals surface area contributed by atoms with Crippen LogP contribution in [0.15, 0.2) is 41.8 Å². The third kappa shape index (κ3) is 7.38. The number of nitrogens with zero attached hydrogens (tertiary/aromatic N) is 7. The van der Waals surface area contributed by atoms with E-state index >= 15 is 0 Å². The van der Waals surface area contributed by atoms with Crippen LogP contribution < -0.4 is 20.1 Å². The van der Waals surface area contributed by atoms with E-state index in [-0.39, 0.29) is 42.8 Å². The van der Waals surface area contributed by atoms with Gasteiger partial charge in [-0.3, -0.25) is 13.9 Å². The molecule has 18 heteroatoms. The molecule has 0 aliphatic carbocycles. The van der Waals surface area contributed by atoms with Crippen LogP contribution in [-0.4, -0.2) is 74.2 Å². The van der Waals surface area contributed by atoms with Gasteiger partial charge in [-0.05, 0) is 44.9 Å². The lowest BCUT2D eigenvalue weighted by Gasteiger charge is -2.28. The number of azide groups is 1. The van der Waals surface area contributed by atoms with Gasteiger partial charge >= 0.3 is 13.7 Å². The molecule has 1 aromatic carbocycles. The molecule has 17 nitrogen and oxygen atoms in total. The van der Waals surface area contributed by atoms with E-state index in [9.17, 15) is 20.0 Å². The number of anilines is 1. The van der Waals surface area contributed by atoms with E-state index < -0.39 is 50.3 Å². The normalized spacial score (nSPS) is 23.2. The molecule has 1 unspecified atom stereocenters. The van der Waals surface area contributed by atoms with Crippen molar-refractivity contribution in [1.82, 2.24) is 24.6 Å². The first-order chi connectivity index (χ1) is 20.5. The molecule has 44 heavy (non-hydrogen) atoms. The molecule has 1 saturated heterocycles. The smallest absolute Gasteiger partial charge is 0.459 e. The van der Waals surface area contributed by atoms with E-state index in [0.29, 0.717) is 13.0 Å². The number of hydrogen-bond acceptors (Lipinski definition) is 13. The molecule has 240 valence electrons. The molecule has 0 saturated carbocycles. The maximum absolute atomic E-state index is 13.9. The summed E-state index contributed by atoms with van der Waals surface area (Å²) in [6.07, 6.45) is -1.85. The summed E-state index contributed by atoms with van der Waals surface area (Å²) in [5, 5.41) is 17.7. The van der Waals surface area contributed by atoms with Gasteiger partial charge in [-0.2, -0.15) is 15.1 Å². The molecule has 2 aromatic heterocycles. The fraction of sp³-hybridized carbons (Fsp3) is 0.538. The minimum Gasteiger partial charge on any atom is -0.476 e. The molecule has 4 rings (SSSR count). The topological polar surface area (TPSA) is 231 Å². The van der Waals surface area contributed by atoms with Gasteiger partial charge in [0.05, 0.1) is 32.3 Å². The van der Waals surface area contributed by atoms with Gasteiger partial charge in [-0.25, -0.2) is 9.55 Å². The fourth-order valence-electron chi connectivity index (χ4n) is 4.40. The average molecular weight is 636 g/mol. The lowest BCUT2D eigenvalue weighted by atomic mass is 9.93. The number of imidazole rings is 1. The van der Waals surface area contributed by atoms with Gasteiger partial charge in [0.2, 0.25) is 11.8 Å². The number of nitrogens with two attached hydrogens (primary N) is 1. The van der Waals surface area contributed by atoms with Crippen molar-refractivity contribution in [3.8, 4) is 11.6 Å². The highest BCUT2D eigenvalue weighted by Crippen LogP contribution is 2.48. The van der Waals surface area contributed by atoms with Gasteiger partial charge in [-0.15, -0.1) is 0 Å². The molecule has 3 aromatic rings. The van der Waals surface area contributed by atoms with Gasteiger partial charge in [0, 0.05) is 4.91 Å². The van der Waals surface area contributed by atoms with Gasteiger partial charge in [-0.1, -0.05) is 37.7 Å².